The van der Waals surface area contributed by atoms with Crippen LogP contribution in [-0.2, 0) is 0 Å². The van der Waals surface area contributed by atoms with Crippen LogP contribution in [0.2, 0.25) is 0 Å². The summed E-state index contributed by atoms with van der Waals surface area (Å²) in [6.45, 7) is 0. The van der Waals surface area contributed by atoms with Crippen LogP contribution in [0.5, 0.6) is 0 Å². The van der Waals surface area contributed by atoms with E-state index >= 15 is 0 Å². The molecule has 3 heteroatoms. The molecule has 8 heavy (non-hydrogen) atoms. The van der Waals surface area contributed by atoms with Gasteiger partial charge in [0.05, 0.1) is 0 Å². The van der Waals surface area contributed by atoms with Crippen molar-refractivity contribution in [2.24, 2.45) is 0 Å². The molecule has 1 aromatic rings. The SMILES string of the molecule is Fc1nccc[c]1[SnH]. The van der Waals surface area contributed by atoms with Crippen LogP contribution in [-0.4, -0.2) is 27.5 Å². The van der Waals surface area contributed by atoms with Gasteiger partial charge in [-0.2, -0.15) is 0 Å². The predicted octanol–water partition coefficient (Wildman–Crippen LogP) is -0.253. The quantitative estimate of drug-likeness (QED) is 0.430. The van der Waals surface area contributed by atoms with E-state index < -0.39 is 0 Å². The molecule has 0 N–H and O–H groups in total. The monoisotopic (exact) mass is 217 g/mol. The van der Waals surface area contributed by atoms with Crippen LogP contribution in [0.3, 0.4) is 0 Å². The first-order chi connectivity index (χ1) is 3.80. The van der Waals surface area contributed by atoms with Crippen LogP contribution in [0.4, 0.5) is 4.39 Å². The zero-order valence-electron chi connectivity index (χ0n) is 4.13. The van der Waals surface area contributed by atoms with Crippen molar-refractivity contribution in [1.29, 1.82) is 0 Å². The second-order valence-corrected chi connectivity index (χ2v) is 3.16. The Morgan fingerprint density at radius 3 is 2.75 bits per heavy atom. The normalized spacial score (nSPS) is 9.25. The minimum absolute atomic E-state index is 0.324. The van der Waals surface area contributed by atoms with Crippen molar-refractivity contribution in [2.75, 3.05) is 0 Å². The maximum atomic E-state index is 12.2. The zero-order chi connectivity index (χ0) is 5.98. The molecule has 0 fully saturated rings. The molecule has 0 saturated heterocycles. The van der Waals surface area contributed by atoms with Gasteiger partial charge in [0.2, 0.25) is 0 Å². The summed E-state index contributed by atoms with van der Waals surface area (Å²) >= 11 is 0.799. The van der Waals surface area contributed by atoms with Crippen molar-refractivity contribution in [3.05, 3.63) is 24.3 Å². The van der Waals surface area contributed by atoms with Gasteiger partial charge >= 0.3 is 59.8 Å². The third kappa shape index (κ3) is 1.18. The number of nitrogens with zero attached hydrogens (tertiary/aromatic N) is 1. The third-order valence-corrected chi connectivity index (χ3v) is 2.02. The zero-order valence-corrected chi connectivity index (χ0v) is 7.43. The van der Waals surface area contributed by atoms with Crippen molar-refractivity contribution < 1.29 is 4.39 Å². The number of halogens is 1. The summed E-state index contributed by atoms with van der Waals surface area (Å²) in [5.74, 6) is -0.324. The minimum atomic E-state index is -0.324. The Kier molecular flexibility index (Phi) is 1.83. The fourth-order valence-electron chi connectivity index (χ4n) is 0.398. The van der Waals surface area contributed by atoms with Crippen molar-refractivity contribution in [3.8, 4) is 0 Å². The molecule has 0 aliphatic rings. The second-order valence-electron chi connectivity index (χ2n) is 1.38. The first-order valence-electron chi connectivity index (χ1n) is 2.16. The molecule has 40 valence electrons. The number of rotatable bonds is 0. The van der Waals surface area contributed by atoms with Crippen LogP contribution in [0, 0.1) is 5.95 Å². The molecule has 0 atom stereocenters. The van der Waals surface area contributed by atoms with E-state index in [4.69, 9.17) is 0 Å². The number of pyridine rings is 1. The molecule has 0 aromatic carbocycles. The van der Waals surface area contributed by atoms with Gasteiger partial charge in [-0.15, -0.1) is 0 Å². The molecule has 1 rings (SSSR count). The van der Waals surface area contributed by atoms with E-state index in [0.29, 0.717) is 0 Å². The summed E-state index contributed by atoms with van der Waals surface area (Å²) in [4.78, 5) is 3.44. The molecule has 0 bridgehead atoms. The number of aromatic nitrogens is 1. The van der Waals surface area contributed by atoms with Crippen LogP contribution in [0.15, 0.2) is 18.3 Å². The summed E-state index contributed by atoms with van der Waals surface area (Å²) in [5.41, 5.74) is 0. The predicted molar refractivity (Wildman–Crippen MR) is 31.0 cm³/mol. The molecular weight excluding hydrogens is 212 g/mol. The maximum absolute atomic E-state index is 12.2. The van der Waals surface area contributed by atoms with Crippen molar-refractivity contribution in [1.82, 2.24) is 4.98 Å². The van der Waals surface area contributed by atoms with Gasteiger partial charge in [0, 0.05) is 0 Å². The van der Waals surface area contributed by atoms with Crippen LogP contribution in [0.25, 0.3) is 0 Å². The van der Waals surface area contributed by atoms with Gasteiger partial charge in [-0.3, -0.25) is 0 Å². The molecule has 1 nitrogen and oxygen atoms in total. The fraction of sp³-hybridized carbons (Fsp3) is 0. The molecule has 0 saturated carbocycles. The Morgan fingerprint density at radius 2 is 2.38 bits per heavy atom. The summed E-state index contributed by atoms with van der Waals surface area (Å²) in [6, 6.07) is 3.48. The van der Waals surface area contributed by atoms with E-state index in [2.05, 4.69) is 4.98 Å². The summed E-state index contributed by atoms with van der Waals surface area (Å²) in [5, 5.41) is 0. The fourth-order valence-corrected chi connectivity index (χ4v) is 0.928. The Hall–Kier alpha value is -0.121. The standard InChI is InChI=1S/C5H3FN.Sn.H/c6-5-3-1-2-4-7-5;;/h1-2,4H;;. The van der Waals surface area contributed by atoms with Crippen LogP contribution < -0.4 is 3.58 Å². The summed E-state index contributed by atoms with van der Waals surface area (Å²) in [7, 11) is 0. The van der Waals surface area contributed by atoms with Gasteiger partial charge in [-0.25, -0.2) is 0 Å². The molecule has 2 radical (unpaired) electrons. The molecule has 0 amide bonds. The molecule has 0 spiro atoms. The summed E-state index contributed by atoms with van der Waals surface area (Å²) < 4.78 is 13.0. The van der Waals surface area contributed by atoms with E-state index in [1.165, 1.54) is 6.20 Å². The van der Waals surface area contributed by atoms with Gasteiger partial charge < -0.3 is 0 Å². The van der Waals surface area contributed by atoms with E-state index in [1.54, 1.807) is 12.1 Å². The molecule has 0 aliphatic heterocycles. The second kappa shape index (κ2) is 2.44. The first-order valence-corrected chi connectivity index (χ1v) is 3.81. The van der Waals surface area contributed by atoms with Gasteiger partial charge in [-0.1, -0.05) is 0 Å². The summed E-state index contributed by atoms with van der Waals surface area (Å²) in [6.07, 6.45) is 1.45. The Balaban J connectivity index is 3.13. The van der Waals surface area contributed by atoms with Gasteiger partial charge in [0.1, 0.15) is 0 Å². The topological polar surface area (TPSA) is 12.9 Å². The third-order valence-electron chi connectivity index (χ3n) is 0.788. The van der Waals surface area contributed by atoms with Crippen LogP contribution >= 0.6 is 0 Å². The average molecular weight is 216 g/mol. The van der Waals surface area contributed by atoms with E-state index in [-0.39, 0.29) is 5.95 Å². The van der Waals surface area contributed by atoms with Crippen molar-refractivity contribution in [2.45, 2.75) is 0 Å². The molecule has 0 aliphatic carbocycles. The molecule has 1 heterocycles. The molecular formula is C5H4FNSn. The first kappa shape index (κ1) is 6.01. The van der Waals surface area contributed by atoms with Gasteiger partial charge in [-0.05, 0) is 0 Å². The van der Waals surface area contributed by atoms with E-state index in [9.17, 15) is 4.39 Å². The van der Waals surface area contributed by atoms with Gasteiger partial charge in [0.25, 0.3) is 0 Å². The average Bonchev–Trinajstić information content (AvgIpc) is 1.77. The van der Waals surface area contributed by atoms with Crippen molar-refractivity contribution >= 4 is 26.1 Å². The Morgan fingerprint density at radius 1 is 1.62 bits per heavy atom. The molecule has 1 aromatic heterocycles. The number of hydrogen-bond donors (Lipinski definition) is 0. The Labute approximate surface area is 60.0 Å². The van der Waals surface area contributed by atoms with Crippen LogP contribution in [0.1, 0.15) is 0 Å². The molecule has 0 unspecified atom stereocenters. The van der Waals surface area contributed by atoms with E-state index in [0.717, 1.165) is 26.1 Å². The Bertz CT molecular complexity index is 169. The van der Waals surface area contributed by atoms with Crippen molar-refractivity contribution in [3.63, 3.8) is 0 Å². The van der Waals surface area contributed by atoms with Gasteiger partial charge in [0.15, 0.2) is 0 Å². The number of hydrogen-bond acceptors (Lipinski definition) is 1. The van der Waals surface area contributed by atoms with E-state index in [1.807, 2.05) is 0 Å².